The van der Waals surface area contributed by atoms with Crippen LogP contribution < -0.4 is 4.90 Å². The van der Waals surface area contributed by atoms with Crippen LogP contribution in [0.3, 0.4) is 0 Å². The molecular formula is C16H13ClINO. The summed E-state index contributed by atoms with van der Waals surface area (Å²) in [6.45, 7) is 0. The molecular weight excluding hydrogens is 385 g/mol. The highest BCUT2D eigenvalue weighted by Crippen LogP contribution is 2.25. The van der Waals surface area contributed by atoms with Crippen molar-refractivity contribution in [3.8, 4) is 0 Å². The molecule has 2 aromatic rings. The van der Waals surface area contributed by atoms with E-state index in [1.54, 1.807) is 24.1 Å². The lowest BCUT2D eigenvalue weighted by Crippen LogP contribution is -2.24. The van der Waals surface area contributed by atoms with E-state index in [0.29, 0.717) is 5.02 Å². The number of nitrogens with zero attached hydrogens (tertiary/aromatic N) is 1. The van der Waals surface area contributed by atoms with Gasteiger partial charge in [0.2, 0.25) is 0 Å². The Kier molecular flexibility index (Phi) is 5.20. The number of rotatable bonds is 3. The number of hydrogen-bond donors (Lipinski definition) is 0. The van der Waals surface area contributed by atoms with Crippen molar-refractivity contribution >= 4 is 51.9 Å². The van der Waals surface area contributed by atoms with Gasteiger partial charge in [0.05, 0.1) is 5.69 Å². The van der Waals surface area contributed by atoms with Gasteiger partial charge in [0.1, 0.15) is 0 Å². The molecule has 0 aliphatic heterocycles. The SMILES string of the molecule is CN(C(=O)/C=C/c1ccccc1)c1ccc(Cl)cc1I. The molecule has 0 N–H and O–H groups in total. The summed E-state index contributed by atoms with van der Waals surface area (Å²) in [5, 5.41) is 0.666. The molecule has 1 amide bonds. The maximum Gasteiger partial charge on any atom is 0.250 e. The van der Waals surface area contributed by atoms with Crippen LogP contribution >= 0.6 is 34.2 Å². The molecule has 0 unspecified atom stereocenters. The second kappa shape index (κ2) is 6.90. The third-order valence-corrected chi connectivity index (χ3v) is 3.92. The Morgan fingerprint density at radius 1 is 1.20 bits per heavy atom. The van der Waals surface area contributed by atoms with Gasteiger partial charge in [0.15, 0.2) is 0 Å². The van der Waals surface area contributed by atoms with Crippen LogP contribution in [0.5, 0.6) is 0 Å². The lowest BCUT2D eigenvalue weighted by Gasteiger charge is -2.17. The number of benzene rings is 2. The Morgan fingerprint density at radius 2 is 1.90 bits per heavy atom. The molecule has 0 radical (unpaired) electrons. The summed E-state index contributed by atoms with van der Waals surface area (Å²) in [5.41, 5.74) is 1.85. The molecule has 0 aromatic heterocycles. The molecule has 0 saturated carbocycles. The van der Waals surface area contributed by atoms with Gasteiger partial charge in [-0.15, -0.1) is 0 Å². The molecule has 0 aliphatic carbocycles. The first kappa shape index (κ1) is 15.1. The fourth-order valence-electron chi connectivity index (χ4n) is 1.72. The molecule has 0 saturated heterocycles. The van der Waals surface area contributed by atoms with E-state index in [9.17, 15) is 4.79 Å². The lowest BCUT2D eigenvalue weighted by atomic mass is 10.2. The molecule has 0 spiro atoms. The lowest BCUT2D eigenvalue weighted by molar-refractivity contribution is -0.113. The molecule has 0 aliphatic rings. The zero-order valence-electron chi connectivity index (χ0n) is 10.9. The van der Waals surface area contributed by atoms with Gasteiger partial charge in [-0.25, -0.2) is 0 Å². The van der Waals surface area contributed by atoms with Crippen LogP contribution in [0.1, 0.15) is 5.56 Å². The van der Waals surface area contributed by atoms with Crippen molar-refractivity contribution in [1.82, 2.24) is 0 Å². The number of amides is 1. The van der Waals surface area contributed by atoms with Gasteiger partial charge in [-0.3, -0.25) is 4.79 Å². The van der Waals surface area contributed by atoms with Gasteiger partial charge in [0, 0.05) is 21.7 Å². The highest BCUT2D eigenvalue weighted by atomic mass is 127. The zero-order chi connectivity index (χ0) is 14.5. The third-order valence-electron chi connectivity index (χ3n) is 2.82. The number of anilines is 1. The number of carbonyl (C=O) groups is 1. The summed E-state index contributed by atoms with van der Waals surface area (Å²) in [7, 11) is 1.75. The highest BCUT2D eigenvalue weighted by Gasteiger charge is 2.11. The number of hydrogen-bond acceptors (Lipinski definition) is 1. The fourth-order valence-corrected chi connectivity index (χ4v) is 2.95. The first-order chi connectivity index (χ1) is 9.58. The van der Waals surface area contributed by atoms with Gasteiger partial charge < -0.3 is 4.90 Å². The second-order valence-corrected chi connectivity index (χ2v) is 5.84. The molecule has 0 atom stereocenters. The van der Waals surface area contributed by atoms with Crippen LogP contribution in [-0.2, 0) is 4.79 Å². The van der Waals surface area contributed by atoms with Gasteiger partial charge in [0.25, 0.3) is 5.91 Å². The number of carbonyl (C=O) groups excluding carboxylic acids is 1. The normalized spacial score (nSPS) is 10.8. The molecule has 0 heterocycles. The zero-order valence-corrected chi connectivity index (χ0v) is 13.8. The van der Waals surface area contributed by atoms with Crippen LogP contribution in [0.2, 0.25) is 5.02 Å². The standard InChI is InChI=1S/C16H13ClINO/c1-19(15-9-8-13(17)11-14(15)18)16(20)10-7-12-5-3-2-4-6-12/h2-11H,1H3/b10-7+. The highest BCUT2D eigenvalue weighted by molar-refractivity contribution is 14.1. The van der Waals surface area contributed by atoms with Gasteiger partial charge in [-0.2, -0.15) is 0 Å². The molecule has 0 fully saturated rings. The van der Waals surface area contributed by atoms with Crippen molar-refractivity contribution in [2.45, 2.75) is 0 Å². The molecule has 0 bridgehead atoms. The first-order valence-electron chi connectivity index (χ1n) is 6.04. The molecule has 20 heavy (non-hydrogen) atoms. The Bertz CT molecular complexity index is 640. The van der Waals surface area contributed by atoms with Crippen molar-refractivity contribution in [3.63, 3.8) is 0 Å². The van der Waals surface area contributed by atoms with E-state index in [1.165, 1.54) is 0 Å². The van der Waals surface area contributed by atoms with Crippen LogP contribution in [-0.4, -0.2) is 13.0 Å². The van der Waals surface area contributed by atoms with Gasteiger partial charge in [-0.05, 0) is 52.4 Å². The van der Waals surface area contributed by atoms with E-state index >= 15 is 0 Å². The average Bonchev–Trinajstić information content (AvgIpc) is 2.45. The predicted octanol–water partition coefficient (Wildman–Crippen LogP) is 4.62. The van der Waals surface area contributed by atoms with E-state index in [0.717, 1.165) is 14.8 Å². The molecule has 2 aromatic carbocycles. The number of likely N-dealkylation sites (N-methyl/N-ethyl adjacent to an activating group) is 1. The summed E-state index contributed by atoms with van der Waals surface area (Å²) >= 11 is 8.09. The van der Waals surface area contributed by atoms with Crippen molar-refractivity contribution < 1.29 is 4.79 Å². The topological polar surface area (TPSA) is 20.3 Å². The van der Waals surface area contributed by atoms with Crippen molar-refractivity contribution in [2.75, 3.05) is 11.9 Å². The summed E-state index contributed by atoms with van der Waals surface area (Å²) in [4.78, 5) is 13.8. The minimum atomic E-state index is -0.0749. The molecule has 2 rings (SSSR count). The van der Waals surface area contributed by atoms with Crippen LogP contribution in [0.15, 0.2) is 54.6 Å². The van der Waals surface area contributed by atoms with Crippen molar-refractivity contribution in [1.29, 1.82) is 0 Å². The third kappa shape index (κ3) is 3.84. The van der Waals surface area contributed by atoms with E-state index in [4.69, 9.17) is 11.6 Å². The Morgan fingerprint density at radius 3 is 2.55 bits per heavy atom. The largest absolute Gasteiger partial charge is 0.311 e. The van der Waals surface area contributed by atoms with E-state index in [1.807, 2.05) is 48.5 Å². The van der Waals surface area contributed by atoms with Gasteiger partial charge >= 0.3 is 0 Å². The van der Waals surface area contributed by atoms with Crippen LogP contribution in [0.4, 0.5) is 5.69 Å². The van der Waals surface area contributed by atoms with E-state index < -0.39 is 0 Å². The molecule has 4 heteroatoms. The van der Waals surface area contributed by atoms with Crippen LogP contribution in [0.25, 0.3) is 6.08 Å². The van der Waals surface area contributed by atoms with E-state index in [-0.39, 0.29) is 5.91 Å². The second-order valence-electron chi connectivity index (χ2n) is 4.24. The summed E-state index contributed by atoms with van der Waals surface area (Å²) in [5.74, 6) is -0.0749. The average molecular weight is 398 g/mol. The maximum absolute atomic E-state index is 12.2. The maximum atomic E-state index is 12.2. The number of halogens is 2. The van der Waals surface area contributed by atoms with Crippen molar-refractivity contribution in [2.24, 2.45) is 0 Å². The van der Waals surface area contributed by atoms with Gasteiger partial charge in [-0.1, -0.05) is 41.9 Å². The smallest absolute Gasteiger partial charge is 0.250 e. The Labute approximate surface area is 137 Å². The molecule has 102 valence electrons. The Hall–Kier alpha value is -1.33. The summed E-state index contributed by atoms with van der Waals surface area (Å²) < 4.78 is 0.944. The minimum Gasteiger partial charge on any atom is -0.311 e. The minimum absolute atomic E-state index is 0.0749. The van der Waals surface area contributed by atoms with E-state index in [2.05, 4.69) is 22.6 Å². The summed E-state index contributed by atoms with van der Waals surface area (Å²) in [6, 6.07) is 15.2. The quantitative estimate of drug-likeness (QED) is 0.547. The monoisotopic (exact) mass is 397 g/mol. The summed E-state index contributed by atoms with van der Waals surface area (Å²) in [6.07, 6.45) is 3.38. The van der Waals surface area contributed by atoms with Crippen LogP contribution in [0, 0.1) is 3.57 Å². The molecule has 2 nitrogen and oxygen atoms in total. The first-order valence-corrected chi connectivity index (χ1v) is 7.49. The van der Waals surface area contributed by atoms with Crippen molar-refractivity contribution in [3.05, 3.63) is 68.8 Å². The predicted molar refractivity (Wildman–Crippen MR) is 93.1 cm³/mol. The fraction of sp³-hybridized carbons (Fsp3) is 0.0625. The Balaban J connectivity index is 2.15.